The van der Waals surface area contributed by atoms with Gasteiger partial charge in [-0.1, -0.05) is 48.5 Å². The Morgan fingerprint density at radius 1 is 1.00 bits per heavy atom. The zero-order valence-corrected chi connectivity index (χ0v) is 10.6. The maximum atomic E-state index is 8.09. The fraction of sp³-hybridized carbons (Fsp3) is 0.188. The number of benzene rings is 2. The van der Waals surface area contributed by atoms with E-state index in [0.717, 1.165) is 17.7 Å². The third-order valence-corrected chi connectivity index (χ3v) is 2.82. The van der Waals surface area contributed by atoms with Crippen LogP contribution in [0, 0.1) is 5.41 Å². The summed E-state index contributed by atoms with van der Waals surface area (Å²) in [6.07, 6.45) is 0.721. The molecule has 0 heterocycles. The van der Waals surface area contributed by atoms with Gasteiger partial charge < -0.3 is 10.7 Å². The van der Waals surface area contributed by atoms with Gasteiger partial charge in [0.2, 0.25) is 0 Å². The number of nitrogens with one attached hydrogen (secondary N) is 2. The van der Waals surface area contributed by atoms with Gasteiger partial charge in [-0.25, -0.2) is 0 Å². The van der Waals surface area contributed by atoms with Crippen molar-refractivity contribution in [3.63, 3.8) is 0 Å². The maximum Gasteiger partial charge on any atom is 0.0406 e. The molecule has 18 heavy (non-hydrogen) atoms. The molecule has 0 bridgehead atoms. The van der Waals surface area contributed by atoms with E-state index in [4.69, 9.17) is 5.41 Å². The molecule has 2 rings (SSSR count). The molecule has 0 aliphatic heterocycles. The van der Waals surface area contributed by atoms with Crippen molar-refractivity contribution in [1.82, 2.24) is 0 Å². The average Bonchev–Trinajstić information content (AvgIpc) is 2.40. The van der Waals surface area contributed by atoms with Crippen molar-refractivity contribution in [3.8, 4) is 0 Å². The molecule has 0 radical (unpaired) electrons. The van der Waals surface area contributed by atoms with Gasteiger partial charge in [0.25, 0.3) is 0 Å². The predicted molar refractivity (Wildman–Crippen MR) is 77.4 cm³/mol. The third-order valence-electron chi connectivity index (χ3n) is 2.82. The number of rotatable bonds is 5. The van der Waals surface area contributed by atoms with Gasteiger partial charge in [0.1, 0.15) is 0 Å². The van der Waals surface area contributed by atoms with Crippen LogP contribution in [0.3, 0.4) is 0 Å². The molecule has 0 aliphatic carbocycles. The summed E-state index contributed by atoms with van der Waals surface area (Å²) in [6.45, 7) is 2.10. The van der Waals surface area contributed by atoms with E-state index in [0.29, 0.717) is 5.71 Å². The highest BCUT2D eigenvalue weighted by Gasteiger charge is 2.07. The van der Waals surface area contributed by atoms with Gasteiger partial charge in [-0.05, 0) is 24.6 Å². The van der Waals surface area contributed by atoms with Crippen LogP contribution in [0.25, 0.3) is 0 Å². The summed E-state index contributed by atoms with van der Waals surface area (Å²) in [6, 6.07) is 20.2. The maximum absolute atomic E-state index is 8.09. The van der Waals surface area contributed by atoms with Crippen molar-refractivity contribution in [2.45, 2.75) is 19.4 Å². The third kappa shape index (κ3) is 3.45. The Morgan fingerprint density at radius 2 is 1.56 bits per heavy atom. The minimum atomic E-state index is 0.250. The fourth-order valence-corrected chi connectivity index (χ4v) is 1.93. The van der Waals surface area contributed by atoms with Gasteiger partial charge in [-0.15, -0.1) is 0 Å². The Labute approximate surface area is 108 Å². The quantitative estimate of drug-likeness (QED) is 0.760. The fourth-order valence-electron chi connectivity index (χ4n) is 1.93. The lowest BCUT2D eigenvalue weighted by molar-refractivity contribution is 0.834. The summed E-state index contributed by atoms with van der Waals surface area (Å²) in [4.78, 5) is 0. The molecule has 0 spiro atoms. The molecule has 2 aromatic carbocycles. The molecule has 1 atom stereocenters. The van der Waals surface area contributed by atoms with Crippen LogP contribution in [0.1, 0.15) is 18.9 Å². The zero-order chi connectivity index (χ0) is 12.8. The number of para-hydroxylation sites is 1. The van der Waals surface area contributed by atoms with Gasteiger partial charge in [-0.2, -0.15) is 0 Å². The second-order valence-electron chi connectivity index (χ2n) is 4.46. The molecule has 0 fully saturated rings. The van der Waals surface area contributed by atoms with E-state index in [-0.39, 0.29) is 6.04 Å². The van der Waals surface area contributed by atoms with Gasteiger partial charge >= 0.3 is 0 Å². The molecule has 0 saturated heterocycles. The summed E-state index contributed by atoms with van der Waals surface area (Å²) in [5.41, 5.74) is 2.77. The van der Waals surface area contributed by atoms with Crippen molar-refractivity contribution in [1.29, 1.82) is 5.41 Å². The number of anilines is 1. The topological polar surface area (TPSA) is 35.9 Å². The van der Waals surface area contributed by atoms with Gasteiger partial charge in [-0.3, -0.25) is 0 Å². The minimum absolute atomic E-state index is 0.250. The Morgan fingerprint density at radius 3 is 2.17 bits per heavy atom. The van der Waals surface area contributed by atoms with Crippen molar-refractivity contribution in [3.05, 3.63) is 66.2 Å². The lowest BCUT2D eigenvalue weighted by Crippen LogP contribution is -2.19. The summed E-state index contributed by atoms with van der Waals surface area (Å²) in [5.74, 6) is 0. The molecule has 2 nitrogen and oxygen atoms in total. The van der Waals surface area contributed by atoms with Crippen molar-refractivity contribution in [2.24, 2.45) is 0 Å². The first-order valence-electron chi connectivity index (χ1n) is 6.20. The highest BCUT2D eigenvalue weighted by molar-refractivity contribution is 5.98. The minimum Gasteiger partial charge on any atom is -0.382 e. The second-order valence-corrected chi connectivity index (χ2v) is 4.46. The molecule has 0 aliphatic rings. The zero-order valence-electron chi connectivity index (χ0n) is 10.6. The van der Waals surface area contributed by atoms with E-state index in [9.17, 15) is 0 Å². The molecule has 0 aromatic heterocycles. The van der Waals surface area contributed by atoms with Crippen molar-refractivity contribution in [2.75, 3.05) is 5.32 Å². The Balaban J connectivity index is 1.92. The Kier molecular flexibility index (Phi) is 4.13. The first-order valence-corrected chi connectivity index (χ1v) is 6.20. The van der Waals surface area contributed by atoms with Gasteiger partial charge in [0, 0.05) is 23.9 Å². The van der Waals surface area contributed by atoms with E-state index in [1.54, 1.807) is 0 Å². The lowest BCUT2D eigenvalue weighted by Gasteiger charge is -2.15. The Hall–Kier alpha value is -2.09. The Bertz CT molecular complexity index is 491. The van der Waals surface area contributed by atoms with E-state index < -0.39 is 0 Å². The molecule has 2 heteroatoms. The van der Waals surface area contributed by atoms with E-state index in [1.165, 1.54) is 0 Å². The second kappa shape index (κ2) is 6.01. The summed E-state index contributed by atoms with van der Waals surface area (Å²) >= 11 is 0. The molecule has 2 aromatic rings. The highest BCUT2D eigenvalue weighted by Crippen LogP contribution is 2.11. The lowest BCUT2D eigenvalue weighted by atomic mass is 10.0. The van der Waals surface area contributed by atoms with E-state index >= 15 is 0 Å². The first-order chi connectivity index (χ1) is 8.75. The largest absolute Gasteiger partial charge is 0.382 e. The standard InChI is InChI=1S/C16H18N2/c1-13(18-15-10-6-3-7-11-15)12-16(17)14-8-4-2-5-9-14/h2-11,13,17-18H,12H2,1H3. The van der Waals surface area contributed by atoms with Crippen LogP contribution in [0.5, 0.6) is 0 Å². The number of hydrogen-bond acceptors (Lipinski definition) is 2. The van der Waals surface area contributed by atoms with Crippen LogP contribution in [0.2, 0.25) is 0 Å². The smallest absolute Gasteiger partial charge is 0.0406 e. The monoisotopic (exact) mass is 238 g/mol. The van der Waals surface area contributed by atoms with Gasteiger partial charge in [0.05, 0.1) is 0 Å². The molecule has 0 saturated carbocycles. The van der Waals surface area contributed by atoms with Crippen molar-refractivity contribution < 1.29 is 0 Å². The molecule has 1 unspecified atom stereocenters. The van der Waals surface area contributed by atoms with Crippen LogP contribution in [0.4, 0.5) is 5.69 Å². The van der Waals surface area contributed by atoms with Crippen molar-refractivity contribution >= 4 is 11.4 Å². The summed E-state index contributed by atoms with van der Waals surface area (Å²) in [7, 11) is 0. The summed E-state index contributed by atoms with van der Waals surface area (Å²) < 4.78 is 0. The molecular weight excluding hydrogens is 220 g/mol. The SMILES string of the molecule is CC(CC(=N)c1ccccc1)Nc1ccccc1. The molecule has 2 N–H and O–H groups in total. The van der Waals surface area contributed by atoms with Crippen LogP contribution >= 0.6 is 0 Å². The molecule has 0 amide bonds. The average molecular weight is 238 g/mol. The number of hydrogen-bond donors (Lipinski definition) is 2. The molecular formula is C16H18N2. The normalized spacial score (nSPS) is 11.8. The van der Waals surface area contributed by atoms with E-state index in [2.05, 4.69) is 12.2 Å². The van der Waals surface area contributed by atoms with Crippen LogP contribution in [-0.4, -0.2) is 11.8 Å². The summed E-state index contributed by atoms with van der Waals surface area (Å²) in [5, 5.41) is 11.5. The predicted octanol–water partition coefficient (Wildman–Crippen LogP) is 3.95. The van der Waals surface area contributed by atoms with Crippen LogP contribution in [0.15, 0.2) is 60.7 Å². The van der Waals surface area contributed by atoms with E-state index in [1.807, 2.05) is 60.7 Å². The highest BCUT2D eigenvalue weighted by atomic mass is 14.9. The van der Waals surface area contributed by atoms with Gasteiger partial charge in [0.15, 0.2) is 0 Å². The van der Waals surface area contributed by atoms with Crippen LogP contribution < -0.4 is 5.32 Å². The first kappa shape index (κ1) is 12.4. The molecule has 92 valence electrons. The van der Waals surface area contributed by atoms with Crippen LogP contribution in [-0.2, 0) is 0 Å².